The average molecular weight is 459 g/mol. The molecule has 0 unspecified atom stereocenters. The van der Waals surface area contributed by atoms with Gasteiger partial charge in [-0.1, -0.05) is 30.0 Å². The number of methoxy groups -OCH3 is 2. The van der Waals surface area contributed by atoms with Crippen LogP contribution in [0.1, 0.15) is 18.4 Å². The summed E-state index contributed by atoms with van der Waals surface area (Å²) in [7, 11) is 3.04. The van der Waals surface area contributed by atoms with Crippen molar-refractivity contribution < 1.29 is 24.2 Å². The van der Waals surface area contributed by atoms with Gasteiger partial charge in [0.25, 0.3) is 5.91 Å². The normalized spacial score (nSPS) is 14.8. The summed E-state index contributed by atoms with van der Waals surface area (Å²) in [6.07, 6.45) is 2.45. The molecule has 0 radical (unpaired) electrons. The fourth-order valence-electron chi connectivity index (χ4n) is 2.92. The highest BCUT2D eigenvalue weighted by Gasteiger charge is 2.31. The largest absolute Gasteiger partial charge is 0.504 e. The van der Waals surface area contributed by atoms with Crippen LogP contribution < -0.4 is 14.8 Å². The van der Waals surface area contributed by atoms with Gasteiger partial charge in [0, 0.05) is 18.7 Å². The number of amides is 2. The first kappa shape index (κ1) is 22.6. The number of benzene rings is 2. The topological polar surface area (TPSA) is 88.1 Å². The number of thiocarbonyl (C=S) groups is 1. The lowest BCUT2D eigenvalue weighted by molar-refractivity contribution is -0.122. The van der Waals surface area contributed by atoms with Crippen LogP contribution >= 0.6 is 24.0 Å². The van der Waals surface area contributed by atoms with E-state index >= 15 is 0 Å². The minimum Gasteiger partial charge on any atom is -0.504 e. The molecule has 2 aromatic carbocycles. The van der Waals surface area contributed by atoms with Crippen molar-refractivity contribution in [2.45, 2.75) is 12.8 Å². The van der Waals surface area contributed by atoms with Gasteiger partial charge in [-0.05, 0) is 54.5 Å². The number of phenolic OH excluding ortho intramolecular Hbond substituents is 1. The van der Waals surface area contributed by atoms with Crippen LogP contribution in [0.2, 0.25) is 0 Å². The monoisotopic (exact) mass is 458 g/mol. The number of ether oxygens (including phenoxy) is 2. The van der Waals surface area contributed by atoms with Crippen molar-refractivity contribution in [2.75, 3.05) is 26.1 Å². The van der Waals surface area contributed by atoms with Crippen LogP contribution in [0.15, 0.2) is 47.4 Å². The molecule has 9 heteroatoms. The van der Waals surface area contributed by atoms with Gasteiger partial charge in [-0.2, -0.15) is 0 Å². The molecule has 0 saturated carbocycles. The second-order valence-corrected chi connectivity index (χ2v) is 8.32. The van der Waals surface area contributed by atoms with Gasteiger partial charge in [0.15, 0.2) is 11.5 Å². The predicted octanol–water partition coefficient (Wildman–Crippen LogP) is 4.03. The summed E-state index contributed by atoms with van der Waals surface area (Å²) in [5.41, 5.74) is 1.40. The van der Waals surface area contributed by atoms with E-state index in [1.165, 1.54) is 29.8 Å². The van der Waals surface area contributed by atoms with Crippen molar-refractivity contribution >= 4 is 51.9 Å². The summed E-state index contributed by atoms with van der Waals surface area (Å²) in [5.74, 6) is 0.735. The van der Waals surface area contributed by atoms with Crippen LogP contribution in [0.3, 0.4) is 0 Å². The molecule has 3 rings (SSSR count). The molecule has 7 nitrogen and oxygen atoms in total. The first-order valence-electron chi connectivity index (χ1n) is 9.47. The van der Waals surface area contributed by atoms with Gasteiger partial charge < -0.3 is 19.9 Å². The summed E-state index contributed by atoms with van der Waals surface area (Å²) in [4.78, 5) is 26.9. The van der Waals surface area contributed by atoms with E-state index in [0.29, 0.717) is 44.9 Å². The Morgan fingerprint density at radius 2 is 1.94 bits per heavy atom. The van der Waals surface area contributed by atoms with Crippen LogP contribution in [0.4, 0.5) is 5.69 Å². The molecule has 1 heterocycles. The lowest BCUT2D eigenvalue weighted by Gasteiger charge is -2.14. The van der Waals surface area contributed by atoms with E-state index in [1.807, 2.05) is 0 Å². The minimum atomic E-state index is -0.197. The number of nitrogens with one attached hydrogen (secondary N) is 1. The molecule has 31 heavy (non-hydrogen) atoms. The van der Waals surface area contributed by atoms with Crippen LogP contribution in [0.5, 0.6) is 17.2 Å². The average Bonchev–Trinajstić information content (AvgIpc) is 3.03. The quantitative estimate of drug-likeness (QED) is 0.456. The van der Waals surface area contributed by atoms with Gasteiger partial charge in [-0.25, -0.2) is 0 Å². The van der Waals surface area contributed by atoms with Gasteiger partial charge in [0.1, 0.15) is 10.1 Å². The van der Waals surface area contributed by atoms with Gasteiger partial charge in [-0.3, -0.25) is 14.5 Å². The van der Waals surface area contributed by atoms with Crippen LogP contribution in [0, 0.1) is 0 Å². The Hall–Kier alpha value is -3.04. The second kappa shape index (κ2) is 10.3. The van der Waals surface area contributed by atoms with Crippen LogP contribution in [-0.2, 0) is 9.59 Å². The molecule has 1 saturated heterocycles. The third-order valence-electron chi connectivity index (χ3n) is 4.53. The second-order valence-electron chi connectivity index (χ2n) is 6.64. The highest BCUT2D eigenvalue weighted by atomic mass is 32.2. The number of thioether (sulfide) groups is 1. The number of carbonyl (C=O) groups excluding carboxylic acids is 2. The Bertz CT molecular complexity index is 1020. The minimum absolute atomic E-state index is 0.0279. The number of anilines is 1. The lowest BCUT2D eigenvalue weighted by Crippen LogP contribution is -2.29. The molecular formula is C22H22N2O5S2. The number of nitrogens with zero attached hydrogens (tertiary/aromatic N) is 1. The van der Waals surface area contributed by atoms with Crippen molar-refractivity contribution in [2.24, 2.45) is 0 Å². The number of aromatic hydroxyl groups is 1. The molecule has 0 spiro atoms. The number of hydrogen-bond donors (Lipinski definition) is 2. The van der Waals surface area contributed by atoms with Gasteiger partial charge in [0.05, 0.1) is 19.1 Å². The van der Waals surface area contributed by atoms with Crippen molar-refractivity contribution in [3.63, 3.8) is 0 Å². The van der Waals surface area contributed by atoms with Gasteiger partial charge >= 0.3 is 0 Å². The van der Waals surface area contributed by atoms with Gasteiger partial charge in [-0.15, -0.1) is 0 Å². The number of carbonyl (C=O) groups is 2. The first-order chi connectivity index (χ1) is 14.9. The highest BCUT2D eigenvalue weighted by Crippen LogP contribution is 2.34. The molecule has 0 bridgehead atoms. The fourth-order valence-corrected chi connectivity index (χ4v) is 4.23. The van der Waals surface area contributed by atoms with E-state index in [0.717, 1.165) is 0 Å². The summed E-state index contributed by atoms with van der Waals surface area (Å²) in [6.45, 7) is 0.358. The molecule has 0 aromatic heterocycles. The predicted molar refractivity (Wildman–Crippen MR) is 125 cm³/mol. The van der Waals surface area contributed by atoms with E-state index in [1.54, 1.807) is 49.6 Å². The van der Waals surface area contributed by atoms with E-state index in [9.17, 15) is 14.7 Å². The van der Waals surface area contributed by atoms with Crippen molar-refractivity contribution in [1.29, 1.82) is 0 Å². The third-order valence-corrected chi connectivity index (χ3v) is 5.91. The van der Waals surface area contributed by atoms with E-state index in [-0.39, 0.29) is 24.0 Å². The van der Waals surface area contributed by atoms with Gasteiger partial charge in [0.2, 0.25) is 5.91 Å². The zero-order valence-electron chi connectivity index (χ0n) is 17.1. The lowest BCUT2D eigenvalue weighted by atomic mass is 10.2. The molecule has 1 fully saturated rings. The number of hydrogen-bond acceptors (Lipinski definition) is 7. The van der Waals surface area contributed by atoms with Crippen LogP contribution in [-0.4, -0.2) is 46.9 Å². The summed E-state index contributed by atoms with van der Waals surface area (Å²) in [5, 5.41) is 12.5. The molecule has 162 valence electrons. The maximum absolute atomic E-state index is 12.7. The fraction of sp³-hybridized carbons (Fsp3) is 0.227. The van der Waals surface area contributed by atoms with Crippen molar-refractivity contribution in [3.8, 4) is 17.2 Å². The van der Waals surface area contributed by atoms with E-state index < -0.39 is 0 Å². The Balaban J connectivity index is 1.54. The SMILES string of the molecule is COc1ccc(NC(=O)CCCN2C(=O)/C(=C/c3ccc(O)c(OC)c3)SC2=S)cc1. The molecule has 0 atom stereocenters. The van der Waals surface area contributed by atoms with Crippen LogP contribution in [0.25, 0.3) is 6.08 Å². The zero-order chi connectivity index (χ0) is 22.4. The Labute approximate surface area is 190 Å². The zero-order valence-corrected chi connectivity index (χ0v) is 18.7. The maximum atomic E-state index is 12.7. The smallest absolute Gasteiger partial charge is 0.266 e. The molecule has 2 amide bonds. The first-order valence-corrected chi connectivity index (χ1v) is 10.7. The van der Waals surface area contributed by atoms with Crippen molar-refractivity contribution in [3.05, 3.63) is 52.9 Å². The summed E-state index contributed by atoms with van der Waals surface area (Å²) in [6, 6.07) is 11.9. The van der Waals surface area contributed by atoms with E-state index in [4.69, 9.17) is 21.7 Å². The Kier molecular flexibility index (Phi) is 7.54. The molecular weight excluding hydrogens is 436 g/mol. The number of phenols is 1. The molecule has 2 aromatic rings. The highest BCUT2D eigenvalue weighted by molar-refractivity contribution is 8.26. The number of rotatable bonds is 8. The molecule has 2 N–H and O–H groups in total. The summed E-state index contributed by atoms with van der Waals surface area (Å²) >= 11 is 6.55. The molecule has 1 aliphatic heterocycles. The molecule has 0 aliphatic carbocycles. The van der Waals surface area contributed by atoms with Crippen molar-refractivity contribution in [1.82, 2.24) is 4.90 Å². The summed E-state index contributed by atoms with van der Waals surface area (Å²) < 4.78 is 10.6. The Morgan fingerprint density at radius 3 is 2.61 bits per heavy atom. The standard InChI is InChI=1S/C22H22N2O5S2/c1-28-16-8-6-15(7-9-16)23-20(26)4-3-11-24-21(27)19(31-22(24)30)13-14-5-10-17(25)18(12-14)29-2/h5-10,12-13,25H,3-4,11H2,1-2H3,(H,23,26)/b19-13-. The maximum Gasteiger partial charge on any atom is 0.266 e. The Morgan fingerprint density at radius 1 is 1.19 bits per heavy atom. The third kappa shape index (κ3) is 5.77. The van der Waals surface area contributed by atoms with E-state index in [2.05, 4.69) is 5.32 Å². The molecule has 1 aliphatic rings.